The molecule has 5 heteroatoms. The van der Waals surface area contributed by atoms with Gasteiger partial charge in [0.1, 0.15) is 0 Å². The summed E-state index contributed by atoms with van der Waals surface area (Å²) in [7, 11) is 0. The Morgan fingerprint density at radius 1 is 1.00 bits per heavy atom. The van der Waals surface area contributed by atoms with E-state index in [4.69, 9.17) is 0 Å². The van der Waals surface area contributed by atoms with E-state index in [-0.39, 0.29) is 125 Å². The summed E-state index contributed by atoms with van der Waals surface area (Å²) >= 11 is 0. The molecule has 0 saturated heterocycles. The average Bonchev–Trinajstić information content (AvgIpc) is 0. The Labute approximate surface area is 122 Å². The van der Waals surface area contributed by atoms with Crippen molar-refractivity contribution in [3.63, 3.8) is 0 Å². The number of hydrogen-bond donors (Lipinski definition) is 0. The summed E-state index contributed by atoms with van der Waals surface area (Å²) in [4.78, 5) is 0. The Morgan fingerprint density at radius 3 is 1.00 bits per heavy atom. The SMILES string of the molecule is [As].[Cd].[Hg].[Pb].[Sb]. The third-order valence-electron chi connectivity index (χ3n) is 0. The molecular formula is AsCdHgPbSb. The first-order valence-corrected chi connectivity index (χ1v) is 0. The van der Waals surface area contributed by atoms with Gasteiger partial charge >= 0.3 is 0 Å². The van der Waals surface area contributed by atoms with Crippen LogP contribution in [-0.4, -0.2) is 69.7 Å². The van der Waals surface area contributed by atoms with Gasteiger partial charge in [0.2, 0.25) is 0 Å². The van der Waals surface area contributed by atoms with Crippen molar-refractivity contribution in [1.82, 2.24) is 0 Å². The normalized spacial score (nSPS) is 0. The number of hydrogen-bond acceptors (Lipinski definition) is 0. The van der Waals surface area contributed by atoms with Gasteiger partial charge in [-0.1, -0.05) is 0 Å². The van der Waals surface area contributed by atoms with E-state index in [2.05, 4.69) is 0 Å². The van der Waals surface area contributed by atoms with Crippen molar-refractivity contribution in [1.29, 1.82) is 0 Å². The molecule has 0 aliphatic rings. The third kappa shape index (κ3) is 17.9. The maximum absolute atomic E-state index is 0. The van der Waals surface area contributed by atoms with Crippen LogP contribution in [0.15, 0.2) is 0 Å². The average molecular weight is 717 g/mol. The van der Waals surface area contributed by atoms with E-state index < -0.39 is 0 Å². The van der Waals surface area contributed by atoms with Crippen molar-refractivity contribution < 1.29 is 55.0 Å². The van der Waals surface area contributed by atoms with Gasteiger partial charge in [-0.05, 0) is 0 Å². The Morgan fingerprint density at radius 2 is 1.00 bits per heavy atom. The van der Waals surface area contributed by atoms with Crippen LogP contribution in [0.1, 0.15) is 0 Å². The second kappa shape index (κ2) is 24.2. The summed E-state index contributed by atoms with van der Waals surface area (Å²) in [6.45, 7) is 0. The molecule has 0 atom stereocenters. The minimum Gasteiger partial charge on any atom is 0 e. The second-order valence-electron chi connectivity index (χ2n) is 0. The summed E-state index contributed by atoms with van der Waals surface area (Å²) in [6.07, 6.45) is 0. The molecule has 0 spiro atoms. The minimum absolute atomic E-state index is 0. The first-order chi connectivity index (χ1) is 0. The van der Waals surface area contributed by atoms with Crippen LogP contribution in [0, 0.1) is 0 Å². The summed E-state index contributed by atoms with van der Waals surface area (Å²) < 4.78 is 0. The Balaban J connectivity index is 0. The standard InChI is InChI=1S/As.Cd.Hg.Pb.Sb. The Bertz CT molecular complexity index is 11.6. The molecule has 0 saturated carbocycles. The predicted molar refractivity (Wildman–Crippen MR) is 17.3 cm³/mol. The quantitative estimate of drug-likeness (QED) is 0.279. The van der Waals surface area contributed by atoms with Crippen molar-refractivity contribution in [2.45, 2.75) is 0 Å². The topological polar surface area (TPSA) is 0 Å². The maximum Gasteiger partial charge on any atom is 0 e. The van der Waals surface area contributed by atoms with Crippen LogP contribution >= 0.6 is 0 Å². The van der Waals surface area contributed by atoms with Crippen LogP contribution in [0.2, 0.25) is 0 Å². The summed E-state index contributed by atoms with van der Waals surface area (Å²) in [5.74, 6) is 0. The molecule has 10 radical (unpaired) electrons. The molecule has 0 fully saturated rings. The van der Waals surface area contributed by atoms with Crippen molar-refractivity contribution in [2.75, 3.05) is 0 Å². The maximum atomic E-state index is 0. The molecule has 5 heavy (non-hydrogen) atoms. The fraction of sp³-hybridized carbons (Fsp3) is 0. The van der Waals surface area contributed by atoms with E-state index in [1.807, 2.05) is 0 Å². The molecule has 0 bridgehead atoms. The summed E-state index contributed by atoms with van der Waals surface area (Å²) in [5.41, 5.74) is 0. The van der Waals surface area contributed by atoms with Crippen LogP contribution in [0.4, 0.5) is 0 Å². The summed E-state index contributed by atoms with van der Waals surface area (Å²) in [6, 6.07) is 0. The minimum atomic E-state index is 0. The van der Waals surface area contributed by atoms with Gasteiger partial charge in [0.05, 0.1) is 0 Å². The van der Waals surface area contributed by atoms with E-state index in [0.29, 0.717) is 0 Å². The van der Waals surface area contributed by atoms with E-state index in [9.17, 15) is 0 Å². The first kappa shape index (κ1) is 35.3. The van der Waals surface area contributed by atoms with Gasteiger partial charge in [-0.15, -0.1) is 0 Å². The molecule has 0 aliphatic heterocycles. The molecule has 0 N–H and O–H groups in total. The van der Waals surface area contributed by atoms with Crippen LogP contribution in [0.25, 0.3) is 0 Å². The van der Waals surface area contributed by atoms with Crippen molar-refractivity contribution >= 4 is 69.7 Å². The largest absolute Gasteiger partial charge is 0 e. The molecule has 0 aromatic heterocycles. The molecular weight excluding hydrogens is 717 g/mol. The number of rotatable bonds is 0. The Hall–Kier alpha value is 4.16. The van der Waals surface area contributed by atoms with Gasteiger partial charge < -0.3 is 0 Å². The van der Waals surface area contributed by atoms with Crippen molar-refractivity contribution in [3.8, 4) is 0 Å². The molecule has 0 aromatic carbocycles. The first-order valence-electron chi connectivity index (χ1n) is 0. The fourth-order valence-corrected chi connectivity index (χ4v) is 0. The van der Waals surface area contributed by atoms with Crippen LogP contribution < -0.4 is 0 Å². The Kier molecular flexibility index (Phi) is 171. The molecule has 0 unspecified atom stereocenters. The van der Waals surface area contributed by atoms with Gasteiger partial charge in [0, 0.05) is 125 Å². The molecule has 18 valence electrons. The zero-order valence-corrected chi connectivity index (χ0v) is 20.7. The molecule has 0 nitrogen and oxygen atoms in total. The molecule has 0 amide bonds. The molecule has 0 aromatic rings. The zero-order valence-electron chi connectivity index (χ0n) is 2.81. The van der Waals surface area contributed by atoms with E-state index >= 15 is 0 Å². The fourth-order valence-electron chi connectivity index (χ4n) is 0. The van der Waals surface area contributed by atoms with Gasteiger partial charge in [-0.2, -0.15) is 0 Å². The van der Waals surface area contributed by atoms with Crippen molar-refractivity contribution in [2.24, 2.45) is 0 Å². The molecule has 0 heterocycles. The summed E-state index contributed by atoms with van der Waals surface area (Å²) in [5, 5.41) is 0. The van der Waals surface area contributed by atoms with Crippen LogP contribution in [0.5, 0.6) is 0 Å². The van der Waals surface area contributed by atoms with Gasteiger partial charge in [0.25, 0.3) is 0 Å². The van der Waals surface area contributed by atoms with E-state index in [0.717, 1.165) is 0 Å². The smallest absolute Gasteiger partial charge is 0 e. The zero-order chi connectivity index (χ0) is 0. The van der Waals surface area contributed by atoms with Gasteiger partial charge in [-0.25, -0.2) is 0 Å². The monoisotopic (exact) mass is 720 g/mol. The van der Waals surface area contributed by atoms with Gasteiger partial charge in [0.15, 0.2) is 0 Å². The molecule has 0 rings (SSSR count). The van der Waals surface area contributed by atoms with Gasteiger partial charge in [-0.3, -0.25) is 0 Å². The van der Waals surface area contributed by atoms with Crippen LogP contribution in [-0.2, 0) is 55.0 Å². The molecule has 0 aliphatic carbocycles. The van der Waals surface area contributed by atoms with E-state index in [1.165, 1.54) is 0 Å². The predicted octanol–water partition coefficient (Wildman–Crippen LogP) is -1.15. The third-order valence-corrected chi connectivity index (χ3v) is 0. The van der Waals surface area contributed by atoms with Crippen LogP contribution in [0.3, 0.4) is 0 Å². The van der Waals surface area contributed by atoms with E-state index in [1.54, 1.807) is 0 Å². The second-order valence-corrected chi connectivity index (χ2v) is 0. The van der Waals surface area contributed by atoms with Crippen molar-refractivity contribution in [3.05, 3.63) is 0 Å².